The van der Waals surface area contributed by atoms with Crippen LogP contribution < -0.4 is 0 Å². The molecule has 1 aromatic carbocycles. The molecule has 2 aliphatic rings. The van der Waals surface area contributed by atoms with Crippen LogP contribution in [0.25, 0.3) is 6.08 Å². The third-order valence-corrected chi connectivity index (χ3v) is 6.06. The molecule has 0 radical (unpaired) electrons. The van der Waals surface area contributed by atoms with Crippen LogP contribution in [0.2, 0.25) is 0 Å². The first kappa shape index (κ1) is 21.0. The van der Waals surface area contributed by atoms with E-state index in [1.165, 1.54) is 6.08 Å². The SMILES string of the molecule is O=C(C=Cc1ccccn1)c1ccc(C(=O)N2CCC(C(=O)N3CCCC3)CC2)cc1. The molecule has 31 heavy (non-hydrogen) atoms. The number of hydrogen-bond acceptors (Lipinski definition) is 4. The molecule has 0 unspecified atom stereocenters. The van der Waals surface area contributed by atoms with E-state index in [9.17, 15) is 14.4 Å². The van der Waals surface area contributed by atoms with Gasteiger partial charge in [-0.15, -0.1) is 0 Å². The standard InChI is InChI=1S/C25H27N3O3/c29-23(11-10-22-5-1-2-14-26-22)19-6-8-20(9-7-19)24(30)28-17-12-21(13-18-28)25(31)27-15-3-4-16-27/h1-2,5-11,14,21H,3-4,12-13,15-18H2. The van der Waals surface area contributed by atoms with Crippen LogP contribution in [0.5, 0.6) is 0 Å². The summed E-state index contributed by atoms with van der Waals surface area (Å²) in [5, 5.41) is 0. The summed E-state index contributed by atoms with van der Waals surface area (Å²) >= 11 is 0. The number of likely N-dealkylation sites (tertiary alicyclic amines) is 2. The lowest BCUT2D eigenvalue weighted by atomic mass is 9.94. The highest BCUT2D eigenvalue weighted by Crippen LogP contribution is 2.23. The monoisotopic (exact) mass is 417 g/mol. The molecule has 6 nitrogen and oxygen atoms in total. The van der Waals surface area contributed by atoms with Gasteiger partial charge >= 0.3 is 0 Å². The second kappa shape index (κ2) is 9.69. The number of piperidine rings is 1. The molecular weight excluding hydrogens is 390 g/mol. The topological polar surface area (TPSA) is 70.6 Å². The van der Waals surface area contributed by atoms with Crippen LogP contribution in [-0.4, -0.2) is 58.6 Å². The van der Waals surface area contributed by atoms with Crippen LogP contribution in [0.1, 0.15) is 52.1 Å². The van der Waals surface area contributed by atoms with E-state index in [0.29, 0.717) is 29.9 Å². The predicted octanol–water partition coefficient (Wildman–Crippen LogP) is 3.45. The van der Waals surface area contributed by atoms with E-state index >= 15 is 0 Å². The molecule has 2 aliphatic heterocycles. The molecule has 0 saturated carbocycles. The van der Waals surface area contributed by atoms with Crippen LogP contribution in [0.15, 0.2) is 54.7 Å². The van der Waals surface area contributed by atoms with Crippen molar-refractivity contribution in [1.29, 1.82) is 0 Å². The summed E-state index contributed by atoms with van der Waals surface area (Å²) in [6.07, 6.45) is 8.47. The maximum atomic E-state index is 12.8. The van der Waals surface area contributed by atoms with Crippen molar-refractivity contribution in [3.8, 4) is 0 Å². The molecule has 0 aliphatic carbocycles. The molecule has 160 valence electrons. The van der Waals surface area contributed by atoms with Crippen molar-refractivity contribution in [2.45, 2.75) is 25.7 Å². The van der Waals surface area contributed by atoms with E-state index in [0.717, 1.165) is 38.8 Å². The Kier molecular flexibility index (Phi) is 6.55. The number of carbonyl (C=O) groups is 3. The van der Waals surface area contributed by atoms with Gasteiger partial charge in [-0.3, -0.25) is 19.4 Å². The van der Waals surface area contributed by atoms with Crippen molar-refractivity contribution in [2.24, 2.45) is 5.92 Å². The minimum atomic E-state index is -0.133. The molecule has 1 aromatic heterocycles. The van der Waals surface area contributed by atoms with Crippen molar-refractivity contribution < 1.29 is 14.4 Å². The molecule has 2 amide bonds. The first-order valence-corrected chi connectivity index (χ1v) is 10.9. The van der Waals surface area contributed by atoms with Crippen LogP contribution in [0, 0.1) is 5.92 Å². The molecule has 2 aromatic rings. The van der Waals surface area contributed by atoms with Crippen LogP contribution in [0.3, 0.4) is 0 Å². The highest BCUT2D eigenvalue weighted by Gasteiger charge is 2.31. The average molecular weight is 418 g/mol. The van der Waals surface area contributed by atoms with E-state index < -0.39 is 0 Å². The number of carbonyl (C=O) groups excluding carboxylic acids is 3. The summed E-state index contributed by atoms with van der Waals surface area (Å²) in [4.78, 5) is 45.7. The molecule has 0 spiro atoms. The summed E-state index contributed by atoms with van der Waals surface area (Å²) in [6, 6.07) is 12.3. The number of rotatable bonds is 5. The fraction of sp³-hybridized carbons (Fsp3) is 0.360. The van der Waals surface area contributed by atoms with E-state index in [4.69, 9.17) is 0 Å². The minimum Gasteiger partial charge on any atom is -0.342 e. The Morgan fingerprint density at radius 1 is 0.839 bits per heavy atom. The number of ketones is 1. The van der Waals surface area contributed by atoms with Crippen LogP contribution >= 0.6 is 0 Å². The molecule has 2 fully saturated rings. The zero-order chi connectivity index (χ0) is 21.6. The quantitative estimate of drug-likeness (QED) is 0.552. The minimum absolute atomic E-state index is 0.0352. The number of amides is 2. The Labute approximate surface area is 182 Å². The van der Waals surface area contributed by atoms with Crippen molar-refractivity contribution in [2.75, 3.05) is 26.2 Å². The van der Waals surface area contributed by atoms with E-state index in [2.05, 4.69) is 4.98 Å². The molecule has 4 rings (SSSR count). The highest BCUT2D eigenvalue weighted by atomic mass is 16.2. The molecule has 3 heterocycles. The fourth-order valence-electron chi connectivity index (χ4n) is 4.22. The Morgan fingerprint density at radius 2 is 1.52 bits per heavy atom. The van der Waals surface area contributed by atoms with Gasteiger partial charge in [-0.05, 0) is 62.1 Å². The summed E-state index contributed by atoms with van der Waals surface area (Å²) in [7, 11) is 0. The number of pyridine rings is 1. The third kappa shape index (κ3) is 5.08. The van der Waals surface area contributed by atoms with Gasteiger partial charge in [0, 0.05) is 49.4 Å². The van der Waals surface area contributed by atoms with E-state index in [-0.39, 0.29) is 23.5 Å². The van der Waals surface area contributed by atoms with Crippen molar-refractivity contribution >= 4 is 23.7 Å². The summed E-state index contributed by atoms with van der Waals surface area (Å²) < 4.78 is 0. The number of allylic oxidation sites excluding steroid dienone is 1. The highest BCUT2D eigenvalue weighted by molar-refractivity contribution is 6.07. The summed E-state index contributed by atoms with van der Waals surface area (Å²) in [5.74, 6) is 0.111. The fourth-order valence-corrected chi connectivity index (χ4v) is 4.22. The lowest BCUT2D eigenvalue weighted by Gasteiger charge is -2.33. The van der Waals surface area contributed by atoms with E-state index in [1.807, 2.05) is 28.0 Å². The van der Waals surface area contributed by atoms with Crippen LogP contribution in [0.4, 0.5) is 0 Å². The van der Waals surface area contributed by atoms with Crippen LogP contribution in [-0.2, 0) is 4.79 Å². The van der Waals surface area contributed by atoms with Crippen molar-refractivity contribution in [1.82, 2.24) is 14.8 Å². The number of benzene rings is 1. The average Bonchev–Trinajstić information content (AvgIpc) is 3.37. The van der Waals surface area contributed by atoms with Gasteiger partial charge in [0.25, 0.3) is 5.91 Å². The number of hydrogen-bond donors (Lipinski definition) is 0. The second-order valence-corrected chi connectivity index (χ2v) is 8.13. The van der Waals surface area contributed by atoms with Crippen molar-refractivity contribution in [3.05, 3.63) is 71.6 Å². The van der Waals surface area contributed by atoms with Gasteiger partial charge in [0.05, 0.1) is 5.69 Å². The largest absolute Gasteiger partial charge is 0.342 e. The normalized spacial score (nSPS) is 17.3. The van der Waals surface area contributed by atoms with Gasteiger partial charge in [0.2, 0.25) is 5.91 Å². The predicted molar refractivity (Wildman–Crippen MR) is 118 cm³/mol. The molecule has 0 N–H and O–H groups in total. The number of nitrogens with zero attached hydrogens (tertiary/aromatic N) is 3. The lowest BCUT2D eigenvalue weighted by Crippen LogP contribution is -2.43. The van der Waals surface area contributed by atoms with Gasteiger partial charge in [0.15, 0.2) is 5.78 Å². The Morgan fingerprint density at radius 3 is 2.16 bits per heavy atom. The zero-order valence-electron chi connectivity index (χ0n) is 17.6. The molecular formula is C25H27N3O3. The number of aromatic nitrogens is 1. The molecule has 6 heteroatoms. The zero-order valence-corrected chi connectivity index (χ0v) is 17.6. The summed E-state index contributed by atoms with van der Waals surface area (Å²) in [5.41, 5.74) is 1.81. The van der Waals surface area contributed by atoms with Gasteiger partial charge in [-0.25, -0.2) is 0 Å². The smallest absolute Gasteiger partial charge is 0.253 e. The Hall–Kier alpha value is -3.28. The van der Waals surface area contributed by atoms with Gasteiger partial charge in [-0.1, -0.05) is 18.2 Å². The molecule has 2 saturated heterocycles. The molecule has 0 atom stereocenters. The maximum absolute atomic E-state index is 12.8. The first-order valence-electron chi connectivity index (χ1n) is 10.9. The Bertz CT molecular complexity index is 955. The molecule has 0 bridgehead atoms. The van der Waals surface area contributed by atoms with Gasteiger partial charge in [0.1, 0.15) is 0 Å². The maximum Gasteiger partial charge on any atom is 0.253 e. The summed E-state index contributed by atoms with van der Waals surface area (Å²) in [6.45, 7) is 2.94. The Balaban J connectivity index is 1.32. The lowest BCUT2D eigenvalue weighted by molar-refractivity contribution is -0.135. The first-order chi connectivity index (χ1) is 15.1. The van der Waals surface area contributed by atoms with E-state index in [1.54, 1.807) is 36.5 Å². The third-order valence-electron chi connectivity index (χ3n) is 6.06. The van der Waals surface area contributed by atoms with Gasteiger partial charge in [-0.2, -0.15) is 0 Å². The second-order valence-electron chi connectivity index (χ2n) is 8.13. The van der Waals surface area contributed by atoms with Crippen molar-refractivity contribution in [3.63, 3.8) is 0 Å². The van der Waals surface area contributed by atoms with Gasteiger partial charge < -0.3 is 9.80 Å².